The predicted octanol–water partition coefficient (Wildman–Crippen LogP) is 4.70. The number of hydrogen-bond acceptors (Lipinski definition) is 0. The normalized spacial score (nSPS) is 22.9. The third-order valence-corrected chi connectivity index (χ3v) is 3.27. The summed E-state index contributed by atoms with van der Waals surface area (Å²) < 4.78 is 0. The van der Waals surface area contributed by atoms with E-state index in [1.165, 1.54) is 51.4 Å². The second kappa shape index (κ2) is 6.23. The van der Waals surface area contributed by atoms with Crippen molar-refractivity contribution in [1.29, 1.82) is 0 Å². The molecule has 0 aromatic carbocycles. The zero-order valence-electron chi connectivity index (χ0n) is 9.31. The molecule has 0 heterocycles. The van der Waals surface area contributed by atoms with E-state index >= 15 is 0 Å². The lowest BCUT2D eigenvalue weighted by Gasteiger charge is -2.21. The summed E-state index contributed by atoms with van der Waals surface area (Å²) in [7, 11) is 0. The van der Waals surface area contributed by atoms with Crippen molar-refractivity contribution in [3.8, 4) is 0 Å². The molecule has 0 saturated heterocycles. The number of unbranched alkanes of at least 4 members (excludes halogenated alkanes) is 3. The molecule has 0 aliphatic heterocycles. The number of rotatable bonds is 5. The van der Waals surface area contributed by atoms with Gasteiger partial charge in [-0.25, -0.2) is 0 Å². The molecule has 13 heavy (non-hydrogen) atoms. The molecule has 1 aliphatic carbocycles. The summed E-state index contributed by atoms with van der Waals surface area (Å²) in [6, 6.07) is 0. The SMILES string of the molecule is CCCCCCC1CCCC=C1C. The van der Waals surface area contributed by atoms with Crippen molar-refractivity contribution in [1.82, 2.24) is 0 Å². The molecule has 0 bridgehead atoms. The zero-order valence-corrected chi connectivity index (χ0v) is 9.31. The molecule has 0 aromatic heterocycles. The monoisotopic (exact) mass is 180 g/mol. The fourth-order valence-electron chi connectivity index (χ4n) is 2.28. The maximum atomic E-state index is 2.45. The van der Waals surface area contributed by atoms with Crippen LogP contribution in [0.25, 0.3) is 0 Å². The highest BCUT2D eigenvalue weighted by Gasteiger charge is 2.13. The zero-order chi connectivity index (χ0) is 9.52. The maximum absolute atomic E-state index is 2.45. The largest absolute Gasteiger partial charge is 0.0853 e. The lowest BCUT2D eigenvalue weighted by molar-refractivity contribution is 0.451. The average molecular weight is 180 g/mol. The Kier molecular flexibility index (Phi) is 5.19. The topological polar surface area (TPSA) is 0 Å². The predicted molar refractivity (Wildman–Crippen MR) is 59.9 cm³/mol. The lowest BCUT2D eigenvalue weighted by Crippen LogP contribution is -2.06. The van der Waals surface area contributed by atoms with Crippen molar-refractivity contribution in [2.75, 3.05) is 0 Å². The van der Waals surface area contributed by atoms with Crippen LogP contribution in [0.15, 0.2) is 11.6 Å². The van der Waals surface area contributed by atoms with Crippen LogP contribution in [0.5, 0.6) is 0 Å². The molecular formula is C13H24. The molecule has 0 amide bonds. The van der Waals surface area contributed by atoms with Crippen molar-refractivity contribution < 1.29 is 0 Å². The van der Waals surface area contributed by atoms with E-state index in [4.69, 9.17) is 0 Å². The van der Waals surface area contributed by atoms with Crippen molar-refractivity contribution in [3.05, 3.63) is 11.6 Å². The lowest BCUT2D eigenvalue weighted by atomic mass is 9.85. The summed E-state index contributed by atoms with van der Waals surface area (Å²) >= 11 is 0. The first kappa shape index (κ1) is 10.8. The van der Waals surface area contributed by atoms with Crippen LogP contribution in [-0.4, -0.2) is 0 Å². The summed E-state index contributed by atoms with van der Waals surface area (Å²) in [6.07, 6.45) is 13.8. The molecule has 1 aliphatic rings. The van der Waals surface area contributed by atoms with Crippen LogP contribution in [0.2, 0.25) is 0 Å². The molecule has 0 saturated carbocycles. The Bertz CT molecular complexity index is 155. The fourth-order valence-corrected chi connectivity index (χ4v) is 2.28. The Labute approximate surface area is 83.4 Å². The molecule has 0 fully saturated rings. The van der Waals surface area contributed by atoms with E-state index in [0.717, 1.165) is 5.92 Å². The van der Waals surface area contributed by atoms with Crippen LogP contribution in [0.4, 0.5) is 0 Å². The van der Waals surface area contributed by atoms with E-state index < -0.39 is 0 Å². The van der Waals surface area contributed by atoms with Gasteiger partial charge in [-0.05, 0) is 38.5 Å². The summed E-state index contributed by atoms with van der Waals surface area (Å²) in [5.41, 5.74) is 1.67. The van der Waals surface area contributed by atoms with Gasteiger partial charge in [0.1, 0.15) is 0 Å². The first-order valence-corrected chi connectivity index (χ1v) is 6.01. The summed E-state index contributed by atoms with van der Waals surface area (Å²) in [5, 5.41) is 0. The highest BCUT2D eigenvalue weighted by Crippen LogP contribution is 2.28. The molecule has 1 rings (SSSR count). The number of allylic oxidation sites excluding steroid dienone is 2. The quantitative estimate of drug-likeness (QED) is 0.425. The third-order valence-electron chi connectivity index (χ3n) is 3.27. The highest BCUT2D eigenvalue weighted by molar-refractivity contribution is 5.06. The van der Waals surface area contributed by atoms with Gasteiger partial charge in [-0.15, -0.1) is 0 Å². The first-order valence-electron chi connectivity index (χ1n) is 6.01. The second-order valence-corrected chi connectivity index (χ2v) is 4.43. The standard InChI is InChI=1S/C13H24/c1-3-4-5-6-10-13-11-8-7-9-12(13)2/h9,13H,3-8,10-11H2,1-2H3. The Morgan fingerprint density at radius 1 is 1.31 bits per heavy atom. The van der Waals surface area contributed by atoms with E-state index in [2.05, 4.69) is 19.9 Å². The summed E-state index contributed by atoms with van der Waals surface area (Å²) in [6.45, 7) is 4.61. The van der Waals surface area contributed by atoms with Crippen molar-refractivity contribution >= 4 is 0 Å². The van der Waals surface area contributed by atoms with Gasteiger partial charge in [-0.2, -0.15) is 0 Å². The van der Waals surface area contributed by atoms with E-state index in [1.807, 2.05) is 0 Å². The van der Waals surface area contributed by atoms with Gasteiger partial charge in [0.15, 0.2) is 0 Å². The highest BCUT2D eigenvalue weighted by atomic mass is 14.2. The fraction of sp³-hybridized carbons (Fsp3) is 0.846. The van der Waals surface area contributed by atoms with Gasteiger partial charge in [0, 0.05) is 0 Å². The van der Waals surface area contributed by atoms with Gasteiger partial charge in [0.25, 0.3) is 0 Å². The van der Waals surface area contributed by atoms with Crippen LogP contribution in [-0.2, 0) is 0 Å². The molecule has 0 aromatic rings. The van der Waals surface area contributed by atoms with Gasteiger partial charge in [-0.1, -0.05) is 44.3 Å². The molecule has 0 heteroatoms. The van der Waals surface area contributed by atoms with Crippen molar-refractivity contribution in [2.24, 2.45) is 5.92 Å². The minimum absolute atomic E-state index is 0.936. The second-order valence-electron chi connectivity index (χ2n) is 4.43. The van der Waals surface area contributed by atoms with Gasteiger partial charge in [0.2, 0.25) is 0 Å². The maximum Gasteiger partial charge on any atom is -0.0206 e. The Hall–Kier alpha value is -0.260. The van der Waals surface area contributed by atoms with E-state index in [9.17, 15) is 0 Å². The van der Waals surface area contributed by atoms with Crippen molar-refractivity contribution in [2.45, 2.75) is 65.2 Å². The summed E-state index contributed by atoms with van der Waals surface area (Å²) in [5.74, 6) is 0.936. The van der Waals surface area contributed by atoms with Crippen LogP contribution in [0, 0.1) is 5.92 Å². The van der Waals surface area contributed by atoms with Crippen LogP contribution >= 0.6 is 0 Å². The average Bonchev–Trinajstić information content (AvgIpc) is 2.15. The molecule has 0 N–H and O–H groups in total. The van der Waals surface area contributed by atoms with Crippen molar-refractivity contribution in [3.63, 3.8) is 0 Å². The smallest absolute Gasteiger partial charge is 0.0206 e. The minimum atomic E-state index is 0.936. The molecule has 76 valence electrons. The Morgan fingerprint density at radius 3 is 2.85 bits per heavy atom. The van der Waals surface area contributed by atoms with Crippen LogP contribution < -0.4 is 0 Å². The Balaban J connectivity index is 2.13. The van der Waals surface area contributed by atoms with E-state index in [0.29, 0.717) is 0 Å². The molecule has 0 nitrogen and oxygen atoms in total. The molecule has 0 radical (unpaired) electrons. The Morgan fingerprint density at radius 2 is 2.15 bits per heavy atom. The van der Waals surface area contributed by atoms with E-state index in [-0.39, 0.29) is 0 Å². The molecule has 1 atom stereocenters. The van der Waals surface area contributed by atoms with Crippen LogP contribution in [0.3, 0.4) is 0 Å². The first-order chi connectivity index (χ1) is 6.34. The molecule has 0 spiro atoms. The molecule has 1 unspecified atom stereocenters. The third kappa shape index (κ3) is 3.97. The van der Waals surface area contributed by atoms with Crippen LogP contribution in [0.1, 0.15) is 65.2 Å². The molecular weight excluding hydrogens is 156 g/mol. The summed E-state index contributed by atoms with van der Waals surface area (Å²) in [4.78, 5) is 0. The van der Waals surface area contributed by atoms with Gasteiger partial charge >= 0.3 is 0 Å². The van der Waals surface area contributed by atoms with E-state index in [1.54, 1.807) is 5.57 Å². The van der Waals surface area contributed by atoms with Gasteiger partial charge in [0.05, 0.1) is 0 Å². The van der Waals surface area contributed by atoms with Gasteiger partial charge < -0.3 is 0 Å². The number of hydrogen-bond donors (Lipinski definition) is 0. The van der Waals surface area contributed by atoms with Gasteiger partial charge in [-0.3, -0.25) is 0 Å². The minimum Gasteiger partial charge on any atom is -0.0853 e.